The number of carbonyl (C=O) groups excluding carboxylic acids is 1. The standard InChI is InChI=1S/C25H24N2O6/c1-26-6-4-13(5-7-26)27-23-15-9-20-21(33-12-32-20)10-16(15)24(28)22(23)14-8-18(30-2)19(31-3)11-17(14)25(27)29/h8-11,13H,4-7,12H2,1-3H3. The molecular weight excluding hydrogens is 424 g/mol. The van der Waals surface area contributed by atoms with Crippen molar-refractivity contribution in [3.05, 3.63) is 45.7 Å². The second-order valence-corrected chi connectivity index (χ2v) is 8.77. The zero-order valence-electron chi connectivity index (χ0n) is 18.8. The topological polar surface area (TPSA) is 79.2 Å². The number of hydrogen-bond donors (Lipinski definition) is 0. The summed E-state index contributed by atoms with van der Waals surface area (Å²) in [5, 5.41) is 1.02. The van der Waals surface area contributed by atoms with Crippen LogP contribution < -0.4 is 24.5 Å². The van der Waals surface area contributed by atoms with Crippen LogP contribution in [0.15, 0.2) is 29.1 Å². The highest BCUT2D eigenvalue weighted by Gasteiger charge is 2.37. The lowest BCUT2D eigenvalue weighted by atomic mass is 9.98. The summed E-state index contributed by atoms with van der Waals surface area (Å²) < 4.78 is 23.9. The number of hydrogen-bond acceptors (Lipinski definition) is 7. The minimum Gasteiger partial charge on any atom is -0.493 e. The minimum absolute atomic E-state index is 0.0101. The van der Waals surface area contributed by atoms with Crippen LogP contribution in [0.3, 0.4) is 0 Å². The van der Waals surface area contributed by atoms with Crippen molar-refractivity contribution in [3.8, 4) is 34.3 Å². The summed E-state index contributed by atoms with van der Waals surface area (Å²) in [6.45, 7) is 1.89. The Morgan fingerprint density at radius 3 is 2.12 bits per heavy atom. The van der Waals surface area contributed by atoms with E-state index >= 15 is 0 Å². The van der Waals surface area contributed by atoms with Crippen molar-refractivity contribution in [1.82, 2.24) is 9.47 Å². The SMILES string of the molecule is COc1cc2c3c(n(C4CCN(C)CC4)c(=O)c2cc1OC)-c1cc2c(cc1C3=O)OCO2. The van der Waals surface area contributed by atoms with Gasteiger partial charge >= 0.3 is 0 Å². The molecule has 1 aliphatic carbocycles. The molecule has 3 heterocycles. The lowest BCUT2D eigenvalue weighted by molar-refractivity contribution is 0.104. The smallest absolute Gasteiger partial charge is 0.259 e. The maximum absolute atomic E-state index is 14.0. The van der Waals surface area contributed by atoms with E-state index in [0.717, 1.165) is 25.9 Å². The predicted octanol–water partition coefficient (Wildman–Crippen LogP) is 3.23. The maximum atomic E-state index is 14.0. The van der Waals surface area contributed by atoms with E-state index in [9.17, 15) is 9.59 Å². The van der Waals surface area contributed by atoms with Gasteiger partial charge in [0.1, 0.15) is 0 Å². The summed E-state index contributed by atoms with van der Waals surface area (Å²) in [5.41, 5.74) is 2.29. The quantitative estimate of drug-likeness (QED) is 0.476. The number of ether oxygens (including phenoxy) is 4. The summed E-state index contributed by atoms with van der Waals surface area (Å²) in [5.74, 6) is 1.94. The van der Waals surface area contributed by atoms with Crippen LogP contribution in [-0.4, -0.2) is 56.4 Å². The first-order valence-electron chi connectivity index (χ1n) is 11.0. The molecule has 3 aliphatic rings. The highest BCUT2D eigenvalue weighted by Crippen LogP contribution is 2.48. The number of carbonyl (C=O) groups is 1. The molecule has 6 rings (SSSR count). The van der Waals surface area contributed by atoms with Gasteiger partial charge in [-0.2, -0.15) is 0 Å². The molecule has 2 aromatic carbocycles. The Kier molecular flexibility index (Phi) is 4.42. The second kappa shape index (κ2) is 7.25. The molecule has 0 saturated carbocycles. The van der Waals surface area contributed by atoms with Crippen molar-refractivity contribution in [2.75, 3.05) is 41.1 Å². The van der Waals surface area contributed by atoms with Crippen LogP contribution in [0.4, 0.5) is 0 Å². The number of aromatic nitrogens is 1. The number of ketones is 1. The van der Waals surface area contributed by atoms with Crippen LogP contribution in [0.1, 0.15) is 34.8 Å². The van der Waals surface area contributed by atoms with E-state index in [1.807, 2.05) is 10.6 Å². The molecule has 0 N–H and O–H groups in total. The highest BCUT2D eigenvalue weighted by molar-refractivity contribution is 6.27. The fraction of sp³-hybridized carbons (Fsp3) is 0.360. The largest absolute Gasteiger partial charge is 0.493 e. The number of rotatable bonds is 3. The van der Waals surface area contributed by atoms with Crippen molar-refractivity contribution in [3.63, 3.8) is 0 Å². The number of likely N-dealkylation sites (tertiary alicyclic amines) is 1. The molecule has 1 aromatic heterocycles. The molecule has 8 heteroatoms. The molecule has 170 valence electrons. The summed E-state index contributed by atoms with van der Waals surface area (Å²) in [4.78, 5) is 30.0. The van der Waals surface area contributed by atoms with Gasteiger partial charge in [0.2, 0.25) is 6.79 Å². The van der Waals surface area contributed by atoms with Gasteiger partial charge in [-0.25, -0.2) is 0 Å². The number of benzene rings is 2. The van der Waals surface area contributed by atoms with Crippen molar-refractivity contribution in [1.29, 1.82) is 0 Å². The van der Waals surface area contributed by atoms with Gasteiger partial charge in [0.25, 0.3) is 5.56 Å². The van der Waals surface area contributed by atoms with Gasteiger partial charge in [-0.1, -0.05) is 0 Å². The molecule has 33 heavy (non-hydrogen) atoms. The minimum atomic E-state index is -0.128. The van der Waals surface area contributed by atoms with Crippen molar-refractivity contribution < 1.29 is 23.7 Å². The van der Waals surface area contributed by atoms with Gasteiger partial charge in [-0.3, -0.25) is 9.59 Å². The predicted molar refractivity (Wildman–Crippen MR) is 122 cm³/mol. The first-order chi connectivity index (χ1) is 16.0. The summed E-state index contributed by atoms with van der Waals surface area (Å²) in [7, 11) is 5.16. The van der Waals surface area contributed by atoms with Crippen LogP contribution in [0, 0.1) is 0 Å². The zero-order chi connectivity index (χ0) is 22.9. The molecular formula is C25H24N2O6. The van der Waals surface area contributed by atoms with Gasteiger partial charge in [0.05, 0.1) is 30.9 Å². The summed E-state index contributed by atoms with van der Waals surface area (Å²) in [6.07, 6.45) is 1.66. The van der Waals surface area contributed by atoms with E-state index in [2.05, 4.69) is 11.9 Å². The molecule has 8 nitrogen and oxygen atoms in total. The number of pyridine rings is 1. The first-order valence-corrected chi connectivity index (χ1v) is 11.0. The molecule has 0 spiro atoms. The van der Waals surface area contributed by atoms with Crippen molar-refractivity contribution in [2.24, 2.45) is 0 Å². The van der Waals surface area contributed by atoms with Crippen LogP contribution >= 0.6 is 0 Å². The van der Waals surface area contributed by atoms with E-state index in [-0.39, 0.29) is 24.2 Å². The average molecular weight is 448 g/mol. The Balaban J connectivity index is 1.71. The third-order valence-electron chi connectivity index (χ3n) is 7.01. The molecule has 1 saturated heterocycles. The Morgan fingerprint density at radius 2 is 1.48 bits per heavy atom. The molecule has 0 atom stereocenters. The van der Waals surface area contributed by atoms with E-state index in [1.165, 1.54) is 7.11 Å². The lowest BCUT2D eigenvalue weighted by Gasteiger charge is -2.32. The Hall–Kier alpha value is -3.52. The monoisotopic (exact) mass is 448 g/mol. The number of nitrogens with zero attached hydrogens (tertiary/aromatic N) is 2. The number of methoxy groups -OCH3 is 2. The van der Waals surface area contributed by atoms with E-state index in [1.54, 1.807) is 25.3 Å². The summed E-state index contributed by atoms with van der Waals surface area (Å²) in [6, 6.07) is 6.97. The lowest BCUT2D eigenvalue weighted by Crippen LogP contribution is -2.36. The van der Waals surface area contributed by atoms with E-state index in [0.29, 0.717) is 56.2 Å². The molecule has 2 aliphatic heterocycles. The van der Waals surface area contributed by atoms with Gasteiger partial charge < -0.3 is 28.4 Å². The zero-order valence-corrected chi connectivity index (χ0v) is 18.8. The van der Waals surface area contributed by atoms with Gasteiger partial charge in [-0.15, -0.1) is 0 Å². The Labute approximate surface area is 190 Å². The van der Waals surface area contributed by atoms with Crippen LogP contribution in [-0.2, 0) is 0 Å². The highest BCUT2D eigenvalue weighted by atomic mass is 16.7. The maximum Gasteiger partial charge on any atom is 0.259 e. The number of fused-ring (bicyclic) bond motifs is 6. The van der Waals surface area contributed by atoms with Crippen molar-refractivity contribution in [2.45, 2.75) is 18.9 Å². The van der Waals surface area contributed by atoms with Crippen LogP contribution in [0.5, 0.6) is 23.0 Å². The number of piperidine rings is 1. The van der Waals surface area contributed by atoms with Crippen molar-refractivity contribution >= 4 is 16.6 Å². The molecule has 0 unspecified atom stereocenters. The normalized spacial score (nSPS) is 17.4. The molecule has 0 radical (unpaired) electrons. The first kappa shape index (κ1) is 20.1. The Morgan fingerprint density at radius 1 is 0.879 bits per heavy atom. The van der Waals surface area contributed by atoms with Crippen LogP contribution in [0.25, 0.3) is 22.0 Å². The van der Waals surface area contributed by atoms with Gasteiger partial charge in [0, 0.05) is 22.6 Å². The fourth-order valence-corrected chi connectivity index (χ4v) is 5.30. The van der Waals surface area contributed by atoms with Crippen LogP contribution in [0.2, 0.25) is 0 Å². The third kappa shape index (κ3) is 2.80. The molecule has 0 bridgehead atoms. The van der Waals surface area contributed by atoms with Gasteiger partial charge in [0.15, 0.2) is 28.8 Å². The van der Waals surface area contributed by atoms with E-state index < -0.39 is 0 Å². The third-order valence-corrected chi connectivity index (χ3v) is 7.01. The fourth-order valence-electron chi connectivity index (χ4n) is 5.30. The molecule has 0 amide bonds. The van der Waals surface area contributed by atoms with E-state index in [4.69, 9.17) is 18.9 Å². The average Bonchev–Trinajstić information content (AvgIpc) is 3.40. The molecule has 3 aromatic rings. The van der Waals surface area contributed by atoms with Gasteiger partial charge in [-0.05, 0) is 57.2 Å². The Bertz CT molecular complexity index is 1380. The second-order valence-electron chi connectivity index (χ2n) is 8.77. The molecule has 1 fully saturated rings. The summed E-state index contributed by atoms with van der Waals surface area (Å²) >= 11 is 0.